The van der Waals surface area contributed by atoms with Crippen molar-refractivity contribution in [2.45, 2.75) is 6.04 Å². The van der Waals surface area contributed by atoms with E-state index in [2.05, 4.69) is 9.97 Å². The Bertz CT molecular complexity index is 1470. The number of hydrogen-bond donors (Lipinski definition) is 1. The molecule has 1 fully saturated rings. The average molecular weight is 508 g/mol. The maximum atomic E-state index is 13.4. The molecule has 1 N–H and O–H groups in total. The van der Waals surface area contributed by atoms with E-state index in [0.717, 1.165) is 4.70 Å². The Morgan fingerprint density at radius 2 is 1.77 bits per heavy atom. The Kier molecular flexibility index (Phi) is 5.88. The standard InChI is InChI=1S/C25H18ClN3O5S/c1-33-17-12-15(26)18(34-2)11-14(17)22(30)20-21(13-7-9-27-10-8-13)29(24(32)23(20)31)25-28-16-5-3-4-6-19(16)35-25/h3-12,21,30H,1-2H3/b22-20+. The van der Waals surface area contributed by atoms with Crippen molar-refractivity contribution in [1.82, 2.24) is 9.97 Å². The van der Waals surface area contributed by atoms with Gasteiger partial charge in [0.15, 0.2) is 5.13 Å². The van der Waals surface area contributed by atoms with Crippen LogP contribution >= 0.6 is 22.9 Å². The predicted molar refractivity (Wildman–Crippen MR) is 133 cm³/mol. The summed E-state index contributed by atoms with van der Waals surface area (Å²) in [5, 5.41) is 12.0. The van der Waals surface area contributed by atoms with Gasteiger partial charge in [0.1, 0.15) is 17.3 Å². The molecular formula is C25H18ClN3O5S. The molecule has 1 aliphatic heterocycles. The number of carbonyl (C=O) groups is 2. The predicted octanol–water partition coefficient (Wildman–Crippen LogP) is 4.99. The Hall–Kier alpha value is -3.95. The number of nitrogens with zero attached hydrogens (tertiary/aromatic N) is 3. The van der Waals surface area contributed by atoms with Crippen molar-refractivity contribution in [1.29, 1.82) is 0 Å². The number of aromatic nitrogens is 2. The number of methoxy groups -OCH3 is 2. The van der Waals surface area contributed by atoms with Crippen LogP contribution in [0.1, 0.15) is 17.2 Å². The fraction of sp³-hybridized carbons (Fsp3) is 0.120. The zero-order valence-corrected chi connectivity index (χ0v) is 20.1. The van der Waals surface area contributed by atoms with Gasteiger partial charge in [-0.05, 0) is 35.9 Å². The molecule has 1 amide bonds. The van der Waals surface area contributed by atoms with E-state index in [-0.39, 0.29) is 27.7 Å². The summed E-state index contributed by atoms with van der Waals surface area (Å²) in [6.45, 7) is 0. The van der Waals surface area contributed by atoms with Crippen LogP contribution < -0.4 is 14.4 Å². The minimum atomic E-state index is -0.940. The van der Waals surface area contributed by atoms with Crippen molar-refractivity contribution in [2.24, 2.45) is 0 Å². The van der Waals surface area contributed by atoms with Gasteiger partial charge < -0.3 is 14.6 Å². The third kappa shape index (κ3) is 3.78. The summed E-state index contributed by atoms with van der Waals surface area (Å²) in [5.74, 6) is -1.57. The molecule has 4 aromatic rings. The summed E-state index contributed by atoms with van der Waals surface area (Å²) in [4.78, 5) is 36.7. The highest BCUT2D eigenvalue weighted by molar-refractivity contribution is 7.22. The molecule has 2 aromatic heterocycles. The van der Waals surface area contributed by atoms with Gasteiger partial charge in [-0.3, -0.25) is 19.5 Å². The molecule has 0 bridgehead atoms. The number of carbonyl (C=O) groups excluding carboxylic acids is 2. The van der Waals surface area contributed by atoms with Crippen LogP contribution in [-0.4, -0.2) is 41.0 Å². The molecule has 5 rings (SSSR count). The van der Waals surface area contributed by atoms with Gasteiger partial charge in [-0.25, -0.2) is 4.98 Å². The number of para-hydroxylation sites is 1. The van der Waals surface area contributed by atoms with Crippen LogP contribution in [0, 0.1) is 0 Å². The number of aliphatic hydroxyl groups excluding tert-OH is 1. The highest BCUT2D eigenvalue weighted by Crippen LogP contribution is 2.46. The van der Waals surface area contributed by atoms with Gasteiger partial charge in [-0.2, -0.15) is 0 Å². The molecule has 1 unspecified atom stereocenters. The molecule has 8 nitrogen and oxygen atoms in total. The van der Waals surface area contributed by atoms with Gasteiger partial charge >= 0.3 is 5.91 Å². The molecule has 0 saturated carbocycles. The number of aliphatic hydroxyl groups is 1. The van der Waals surface area contributed by atoms with E-state index >= 15 is 0 Å². The minimum Gasteiger partial charge on any atom is -0.507 e. The molecule has 0 radical (unpaired) electrons. The van der Waals surface area contributed by atoms with Crippen molar-refractivity contribution >= 4 is 55.7 Å². The monoisotopic (exact) mass is 507 g/mol. The van der Waals surface area contributed by atoms with Crippen LogP contribution in [0.4, 0.5) is 5.13 Å². The van der Waals surface area contributed by atoms with E-state index in [4.69, 9.17) is 21.1 Å². The summed E-state index contributed by atoms with van der Waals surface area (Å²) in [6.07, 6.45) is 3.11. The summed E-state index contributed by atoms with van der Waals surface area (Å²) in [7, 11) is 2.84. The summed E-state index contributed by atoms with van der Waals surface area (Å²) in [5.41, 5.74) is 1.34. The number of thiazole rings is 1. The van der Waals surface area contributed by atoms with Gasteiger partial charge in [0, 0.05) is 18.5 Å². The molecule has 176 valence electrons. The van der Waals surface area contributed by atoms with Gasteiger partial charge in [0.05, 0.1) is 46.6 Å². The van der Waals surface area contributed by atoms with Gasteiger partial charge in [-0.15, -0.1) is 0 Å². The SMILES string of the molecule is COc1cc(/C(O)=C2\C(=O)C(=O)N(c3nc4ccccc4s3)C2c2ccncc2)c(OC)cc1Cl. The van der Waals surface area contributed by atoms with Gasteiger partial charge in [-0.1, -0.05) is 35.1 Å². The lowest BCUT2D eigenvalue weighted by molar-refractivity contribution is -0.132. The second-order valence-electron chi connectivity index (χ2n) is 7.60. The van der Waals surface area contributed by atoms with E-state index in [1.54, 1.807) is 24.5 Å². The number of hydrogen-bond acceptors (Lipinski definition) is 8. The molecular weight excluding hydrogens is 490 g/mol. The Morgan fingerprint density at radius 1 is 1.06 bits per heavy atom. The first-order valence-corrected chi connectivity index (χ1v) is 11.6. The molecule has 1 atom stereocenters. The summed E-state index contributed by atoms with van der Waals surface area (Å²) in [6, 6.07) is 12.8. The Labute approximate surface area is 209 Å². The first-order valence-electron chi connectivity index (χ1n) is 10.4. The average Bonchev–Trinajstić information content (AvgIpc) is 3.42. The minimum absolute atomic E-state index is 0.108. The number of rotatable bonds is 5. The zero-order valence-electron chi connectivity index (χ0n) is 18.6. The van der Waals surface area contributed by atoms with Gasteiger partial charge in [0.2, 0.25) is 0 Å². The molecule has 2 aromatic carbocycles. The van der Waals surface area contributed by atoms with Crippen LogP contribution in [-0.2, 0) is 9.59 Å². The number of halogens is 1. The zero-order chi connectivity index (χ0) is 24.7. The van der Waals surface area contributed by atoms with Crippen molar-refractivity contribution in [3.05, 3.63) is 82.6 Å². The highest BCUT2D eigenvalue weighted by atomic mass is 35.5. The maximum Gasteiger partial charge on any atom is 0.301 e. The molecule has 1 saturated heterocycles. The first kappa shape index (κ1) is 22.8. The van der Waals surface area contributed by atoms with E-state index in [0.29, 0.717) is 16.2 Å². The van der Waals surface area contributed by atoms with E-state index in [1.807, 2.05) is 24.3 Å². The number of ether oxygens (including phenoxy) is 2. The molecule has 1 aliphatic rings. The van der Waals surface area contributed by atoms with Crippen LogP contribution in [0.3, 0.4) is 0 Å². The lowest BCUT2D eigenvalue weighted by atomic mass is 9.95. The number of anilines is 1. The largest absolute Gasteiger partial charge is 0.507 e. The van der Waals surface area contributed by atoms with Crippen LogP contribution in [0.25, 0.3) is 16.0 Å². The van der Waals surface area contributed by atoms with Crippen LogP contribution in [0.5, 0.6) is 11.5 Å². The number of ketones is 1. The topological polar surface area (TPSA) is 102 Å². The molecule has 10 heteroatoms. The van der Waals surface area contributed by atoms with Crippen molar-refractivity contribution < 1.29 is 24.2 Å². The number of amides is 1. The van der Waals surface area contributed by atoms with E-state index in [9.17, 15) is 14.7 Å². The fourth-order valence-electron chi connectivity index (χ4n) is 4.04. The van der Waals surface area contributed by atoms with Crippen LogP contribution in [0.15, 0.2) is 66.5 Å². The third-order valence-electron chi connectivity index (χ3n) is 5.68. The maximum absolute atomic E-state index is 13.4. The molecule has 0 aliphatic carbocycles. The molecule has 0 spiro atoms. The lowest BCUT2D eigenvalue weighted by Gasteiger charge is -2.23. The van der Waals surface area contributed by atoms with Gasteiger partial charge in [0.25, 0.3) is 5.78 Å². The van der Waals surface area contributed by atoms with Crippen molar-refractivity contribution in [3.63, 3.8) is 0 Å². The number of pyridine rings is 1. The highest BCUT2D eigenvalue weighted by Gasteiger charge is 2.48. The third-order valence-corrected chi connectivity index (χ3v) is 7.02. The fourth-order valence-corrected chi connectivity index (χ4v) is 5.27. The van der Waals surface area contributed by atoms with Crippen molar-refractivity contribution in [3.8, 4) is 11.5 Å². The van der Waals surface area contributed by atoms with Crippen molar-refractivity contribution in [2.75, 3.05) is 19.1 Å². The number of fused-ring (bicyclic) bond motifs is 1. The van der Waals surface area contributed by atoms with E-state index < -0.39 is 23.5 Å². The molecule has 3 heterocycles. The number of benzene rings is 2. The first-order chi connectivity index (χ1) is 16.9. The Balaban J connectivity index is 1.76. The molecule has 35 heavy (non-hydrogen) atoms. The Morgan fingerprint density at radius 3 is 2.46 bits per heavy atom. The second kappa shape index (κ2) is 9.01. The second-order valence-corrected chi connectivity index (χ2v) is 9.02. The smallest absolute Gasteiger partial charge is 0.301 e. The number of Topliss-reactive ketones (excluding diaryl/α,β-unsaturated/α-hetero) is 1. The summed E-state index contributed by atoms with van der Waals surface area (Å²) < 4.78 is 11.5. The summed E-state index contributed by atoms with van der Waals surface area (Å²) >= 11 is 7.50. The lowest BCUT2D eigenvalue weighted by Crippen LogP contribution is -2.29. The van der Waals surface area contributed by atoms with E-state index in [1.165, 1.54) is 42.6 Å². The van der Waals surface area contributed by atoms with Crippen LogP contribution in [0.2, 0.25) is 5.02 Å². The quantitative estimate of drug-likeness (QED) is 0.231. The normalized spacial score (nSPS) is 17.2.